The zero-order chi connectivity index (χ0) is 29.9. The number of ether oxygens (including phenoxy) is 1. The van der Waals surface area contributed by atoms with Crippen LogP contribution in [-0.4, -0.2) is 36.6 Å². The van der Waals surface area contributed by atoms with E-state index in [2.05, 4.69) is 16.0 Å². The van der Waals surface area contributed by atoms with Crippen molar-refractivity contribution in [3.8, 4) is 0 Å². The first-order valence-corrected chi connectivity index (χ1v) is 13.7. The van der Waals surface area contributed by atoms with Crippen LogP contribution in [0.5, 0.6) is 0 Å². The number of nitrogens with one attached hydrogen (secondary N) is 3. The maximum atomic E-state index is 13.4. The second-order valence-electron chi connectivity index (χ2n) is 8.78. The average Bonchev–Trinajstić information content (AvgIpc) is 3.01. The van der Waals surface area contributed by atoms with E-state index in [4.69, 9.17) is 4.74 Å². The van der Waals surface area contributed by atoms with Gasteiger partial charge in [-0.3, -0.25) is 14.4 Å². The normalized spacial score (nSPS) is 10.9. The molecule has 212 valence electrons. The van der Waals surface area contributed by atoms with Gasteiger partial charge in [0, 0.05) is 16.1 Å². The van der Waals surface area contributed by atoms with Crippen LogP contribution in [0.1, 0.15) is 26.3 Å². The largest absolute Gasteiger partial charge is 0.465 e. The first-order chi connectivity index (χ1) is 20.3. The number of esters is 1. The molecule has 0 saturated heterocycles. The third kappa shape index (κ3) is 8.39. The Balaban J connectivity index is 1.39. The van der Waals surface area contributed by atoms with Gasteiger partial charge in [-0.05, 0) is 72.3 Å². The minimum Gasteiger partial charge on any atom is -0.465 e. The Morgan fingerprint density at radius 2 is 1.48 bits per heavy atom. The molecule has 0 radical (unpaired) electrons. The number of para-hydroxylation sites is 1. The van der Waals surface area contributed by atoms with E-state index in [0.29, 0.717) is 22.5 Å². The molecular weight excluding hydrogens is 557 g/mol. The SMILES string of the molecule is COC(=O)c1ccccc1NC(=O)CSc1ccc(NC(=O)/C(=C/c2ccc(F)cc2)NC(=O)c2ccccc2)cc1. The molecule has 4 aromatic rings. The quantitative estimate of drug-likeness (QED) is 0.124. The summed E-state index contributed by atoms with van der Waals surface area (Å²) in [5.41, 5.74) is 1.93. The van der Waals surface area contributed by atoms with Crippen LogP contribution in [0.25, 0.3) is 6.08 Å². The van der Waals surface area contributed by atoms with Crippen LogP contribution in [0.15, 0.2) is 114 Å². The van der Waals surface area contributed by atoms with E-state index < -0.39 is 23.6 Å². The van der Waals surface area contributed by atoms with Crippen LogP contribution in [0.4, 0.5) is 15.8 Å². The lowest BCUT2D eigenvalue weighted by atomic mass is 10.1. The smallest absolute Gasteiger partial charge is 0.339 e. The van der Waals surface area contributed by atoms with E-state index >= 15 is 0 Å². The fourth-order valence-corrected chi connectivity index (χ4v) is 4.41. The number of benzene rings is 4. The summed E-state index contributed by atoms with van der Waals surface area (Å²) >= 11 is 1.27. The number of amides is 3. The molecule has 3 amide bonds. The molecular formula is C32H26FN3O5S. The van der Waals surface area contributed by atoms with Crippen LogP contribution >= 0.6 is 11.8 Å². The van der Waals surface area contributed by atoms with Crippen LogP contribution in [-0.2, 0) is 14.3 Å². The number of methoxy groups -OCH3 is 1. The highest BCUT2D eigenvalue weighted by atomic mass is 32.2. The Kier molecular flexibility index (Phi) is 10.2. The van der Waals surface area contributed by atoms with Crippen molar-refractivity contribution in [1.29, 1.82) is 0 Å². The summed E-state index contributed by atoms with van der Waals surface area (Å²) in [7, 11) is 1.27. The lowest BCUT2D eigenvalue weighted by Crippen LogP contribution is -2.30. The van der Waals surface area contributed by atoms with E-state index in [9.17, 15) is 23.6 Å². The lowest BCUT2D eigenvalue weighted by Gasteiger charge is -2.12. The van der Waals surface area contributed by atoms with Crippen molar-refractivity contribution >= 4 is 52.9 Å². The fourth-order valence-electron chi connectivity index (χ4n) is 3.72. The van der Waals surface area contributed by atoms with Crippen molar-refractivity contribution < 1.29 is 28.3 Å². The van der Waals surface area contributed by atoms with Crippen molar-refractivity contribution in [2.45, 2.75) is 4.90 Å². The molecule has 4 rings (SSSR count). The Labute approximate surface area is 246 Å². The molecule has 4 aromatic carbocycles. The fraction of sp³-hybridized carbons (Fsp3) is 0.0625. The number of halogens is 1. The number of anilines is 2. The third-order valence-corrected chi connectivity index (χ3v) is 6.81. The highest BCUT2D eigenvalue weighted by Gasteiger charge is 2.16. The maximum absolute atomic E-state index is 13.4. The molecule has 0 bridgehead atoms. The highest BCUT2D eigenvalue weighted by Crippen LogP contribution is 2.22. The van der Waals surface area contributed by atoms with Gasteiger partial charge in [-0.15, -0.1) is 11.8 Å². The summed E-state index contributed by atoms with van der Waals surface area (Å²) in [6.45, 7) is 0. The zero-order valence-corrected chi connectivity index (χ0v) is 23.2. The summed E-state index contributed by atoms with van der Waals surface area (Å²) in [4.78, 5) is 51.1. The van der Waals surface area contributed by atoms with E-state index in [0.717, 1.165) is 4.90 Å². The highest BCUT2D eigenvalue weighted by molar-refractivity contribution is 8.00. The summed E-state index contributed by atoms with van der Waals surface area (Å²) in [5, 5.41) is 8.10. The van der Waals surface area contributed by atoms with E-state index in [1.165, 1.54) is 49.2 Å². The van der Waals surface area contributed by atoms with Crippen LogP contribution in [0, 0.1) is 5.82 Å². The second-order valence-corrected chi connectivity index (χ2v) is 9.83. The van der Waals surface area contributed by atoms with Crippen molar-refractivity contribution in [3.05, 3.63) is 131 Å². The molecule has 0 saturated carbocycles. The summed E-state index contributed by atoms with van der Waals surface area (Å²) in [6, 6.07) is 27.3. The van der Waals surface area contributed by atoms with E-state index in [1.54, 1.807) is 78.9 Å². The van der Waals surface area contributed by atoms with Gasteiger partial charge < -0.3 is 20.7 Å². The van der Waals surface area contributed by atoms with Crippen molar-refractivity contribution in [3.63, 3.8) is 0 Å². The molecule has 0 aliphatic carbocycles. The Morgan fingerprint density at radius 3 is 2.17 bits per heavy atom. The van der Waals surface area contributed by atoms with Crippen molar-refractivity contribution in [2.75, 3.05) is 23.5 Å². The predicted octanol–water partition coefficient (Wildman–Crippen LogP) is 5.75. The van der Waals surface area contributed by atoms with Gasteiger partial charge in [-0.25, -0.2) is 9.18 Å². The molecule has 0 atom stereocenters. The molecule has 0 aromatic heterocycles. The minimum atomic E-state index is -0.576. The molecule has 10 heteroatoms. The number of thioether (sulfide) groups is 1. The Morgan fingerprint density at radius 1 is 0.810 bits per heavy atom. The molecule has 0 fully saturated rings. The third-order valence-electron chi connectivity index (χ3n) is 5.80. The summed E-state index contributed by atoms with van der Waals surface area (Å²) in [6.07, 6.45) is 1.46. The van der Waals surface area contributed by atoms with Gasteiger partial charge >= 0.3 is 5.97 Å². The number of hydrogen-bond acceptors (Lipinski definition) is 6. The molecule has 0 aliphatic heterocycles. The zero-order valence-electron chi connectivity index (χ0n) is 22.4. The summed E-state index contributed by atoms with van der Waals surface area (Å²) < 4.78 is 18.1. The lowest BCUT2D eigenvalue weighted by molar-refractivity contribution is -0.114. The van der Waals surface area contributed by atoms with E-state index in [1.807, 2.05) is 0 Å². The van der Waals surface area contributed by atoms with Crippen molar-refractivity contribution in [2.24, 2.45) is 0 Å². The standard InChI is InChI=1S/C32H26FN3O5S/c1-41-32(40)26-9-5-6-10-27(26)35-29(37)20-42-25-17-15-24(16-18-25)34-31(39)28(19-21-11-13-23(33)14-12-21)36-30(38)22-7-3-2-4-8-22/h2-19H,20H2,1H3,(H,34,39)(H,35,37)(H,36,38)/b28-19-. The van der Waals surface area contributed by atoms with Gasteiger partial charge in [0.05, 0.1) is 24.1 Å². The number of carbonyl (C=O) groups excluding carboxylic acids is 4. The second kappa shape index (κ2) is 14.4. The van der Waals surface area contributed by atoms with Gasteiger partial charge in [0.25, 0.3) is 11.8 Å². The van der Waals surface area contributed by atoms with Crippen LogP contribution in [0.3, 0.4) is 0 Å². The van der Waals surface area contributed by atoms with Gasteiger partial charge in [-0.1, -0.05) is 42.5 Å². The molecule has 0 unspecified atom stereocenters. The number of carbonyl (C=O) groups is 4. The first kappa shape index (κ1) is 29.8. The topological polar surface area (TPSA) is 114 Å². The molecule has 0 heterocycles. The van der Waals surface area contributed by atoms with Gasteiger partial charge in [0.15, 0.2) is 0 Å². The number of hydrogen-bond donors (Lipinski definition) is 3. The summed E-state index contributed by atoms with van der Waals surface area (Å²) in [5.74, 6) is -2.25. The molecule has 0 aliphatic rings. The minimum absolute atomic E-state index is 0.0298. The Hall–Kier alpha value is -5.22. The average molecular weight is 584 g/mol. The first-order valence-electron chi connectivity index (χ1n) is 12.7. The van der Waals surface area contributed by atoms with Gasteiger partial charge in [-0.2, -0.15) is 0 Å². The van der Waals surface area contributed by atoms with Gasteiger partial charge in [0.2, 0.25) is 5.91 Å². The van der Waals surface area contributed by atoms with Crippen LogP contribution < -0.4 is 16.0 Å². The van der Waals surface area contributed by atoms with E-state index in [-0.39, 0.29) is 22.9 Å². The molecule has 42 heavy (non-hydrogen) atoms. The number of rotatable bonds is 10. The van der Waals surface area contributed by atoms with Crippen LogP contribution in [0.2, 0.25) is 0 Å². The Bertz CT molecular complexity index is 1610. The maximum Gasteiger partial charge on any atom is 0.339 e. The monoisotopic (exact) mass is 583 g/mol. The van der Waals surface area contributed by atoms with Gasteiger partial charge in [0.1, 0.15) is 11.5 Å². The molecule has 0 spiro atoms. The molecule has 3 N–H and O–H groups in total. The van der Waals surface area contributed by atoms with Crippen molar-refractivity contribution in [1.82, 2.24) is 5.32 Å². The molecule has 8 nitrogen and oxygen atoms in total. The predicted molar refractivity (Wildman–Crippen MR) is 160 cm³/mol.